The number of ketones is 1. The van der Waals surface area contributed by atoms with E-state index < -0.39 is 24.0 Å². The van der Waals surface area contributed by atoms with E-state index in [1.54, 1.807) is 37.3 Å². The summed E-state index contributed by atoms with van der Waals surface area (Å²) in [5, 5.41) is 11.5. The van der Waals surface area contributed by atoms with E-state index in [4.69, 9.17) is 18.9 Å². The second-order valence-corrected chi connectivity index (χ2v) is 9.42. The van der Waals surface area contributed by atoms with Gasteiger partial charge in [-0.1, -0.05) is 12.2 Å². The zero-order valence-corrected chi connectivity index (χ0v) is 21.4. The van der Waals surface area contributed by atoms with Crippen molar-refractivity contribution >= 4 is 23.8 Å². The summed E-state index contributed by atoms with van der Waals surface area (Å²) in [6.07, 6.45) is 6.50. The van der Waals surface area contributed by atoms with Gasteiger partial charge in [0.25, 0.3) is 0 Å². The average Bonchev–Trinajstić information content (AvgIpc) is 2.86. The third-order valence-corrected chi connectivity index (χ3v) is 6.75. The molecule has 8 heteroatoms. The van der Waals surface area contributed by atoms with Crippen LogP contribution >= 0.6 is 0 Å². The van der Waals surface area contributed by atoms with Crippen molar-refractivity contribution in [2.75, 3.05) is 14.2 Å². The van der Waals surface area contributed by atoms with Crippen LogP contribution in [0.2, 0.25) is 0 Å². The fraction of sp³-hybridized carbons (Fsp3) is 0.414. The highest BCUT2D eigenvalue weighted by Gasteiger charge is 2.36. The maximum atomic E-state index is 13.3. The molecule has 2 aromatic carbocycles. The van der Waals surface area contributed by atoms with Crippen LogP contribution in [0.4, 0.5) is 0 Å². The second-order valence-electron chi connectivity index (χ2n) is 9.42. The van der Waals surface area contributed by atoms with Crippen LogP contribution in [0.25, 0.3) is 6.08 Å². The molecular weight excluding hydrogens is 476 g/mol. The third kappa shape index (κ3) is 5.96. The smallest absolute Gasteiger partial charge is 0.342 e. The number of phenols is 1. The summed E-state index contributed by atoms with van der Waals surface area (Å²) < 4.78 is 22.0. The first kappa shape index (κ1) is 26.3. The number of rotatable bonds is 3. The molecule has 0 saturated carbocycles. The van der Waals surface area contributed by atoms with Crippen molar-refractivity contribution in [3.8, 4) is 23.0 Å². The summed E-state index contributed by atoms with van der Waals surface area (Å²) in [6.45, 7) is 1.77. The summed E-state index contributed by atoms with van der Waals surface area (Å²) >= 11 is 0. The number of allylic oxidation sites excluding steroid dienone is 1. The van der Waals surface area contributed by atoms with Gasteiger partial charge in [0.2, 0.25) is 0 Å². The number of hydrogen-bond donors (Lipinski definition) is 1. The summed E-state index contributed by atoms with van der Waals surface area (Å²) in [4.78, 5) is 38.0. The van der Waals surface area contributed by atoms with Crippen molar-refractivity contribution in [1.82, 2.24) is 0 Å². The number of aromatic hydroxyl groups is 1. The van der Waals surface area contributed by atoms with Gasteiger partial charge in [-0.25, -0.2) is 4.79 Å². The molecule has 37 heavy (non-hydrogen) atoms. The molecule has 1 N–H and O–H groups in total. The largest absolute Gasteiger partial charge is 0.507 e. The Labute approximate surface area is 216 Å². The summed E-state index contributed by atoms with van der Waals surface area (Å²) in [6, 6.07) is 6.84. The Kier molecular flexibility index (Phi) is 8.16. The molecule has 2 heterocycles. The lowest BCUT2D eigenvalue weighted by molar-refractivity contribution is -0.135. The summed E-state index contributed by atoms with van der Waals surface area (Å²) in [5.74, 6) is -0.573. The molecule has 2 aliphatic heterocycles. The summed E-state index contributed by atoms with van der Waals surface area (Å²) in [7, 11) is 3.06. The maximum absolute atomic E-state index is 13.3. The minimum atomic E-state index is -0.672. The highest BCUT2D eigenvalue weighted by Crippen LogP contribution is 2.48. The van der Waals surface area contributed by atoms with Gasteiger partial charge < -0.3 is 24.1 Å². The van der Waals surface area contributed by atoms with Gasteiger partial charge in [0.05, 0.1) is 26.7 Å². The molecule has 2 atom stereocenters. The molecule has 0 spiro atoms. The number of fused-ring (bicyclic) bond motifs is 2. The van der Waals surface area contributed by atoms with Gasteiger partial charge in [0.15, 0.2) is 0 Å². The molecular formula is C29H32O8. The Morgan fingerprint density at radius 3 is 2.38 bits per heavy atom. The van der Waals surface area contributed by atoms with Crippen molar-refractivity contribution in [2.24, 2.45) is 0 Å². The van der Waals surface area contributed by atoms with E-state index in [0.29, 0.717) is 66.7 Å². The first-order valence-electron chi connectivity index (χ1n) is 12.5. The van der Waals surface area contributed by atoms with Gasteiger partial charge in [0.1, 0.15) is 34.3 Å². The van der Waals surface area contributed by atoms with Gasteiger partial charge in [0, 0.05) is 30.4 Å². The van der Waals surface area contributed by atoms with Crippen LogP contribution in [0.3, 0.4) is 0 Å². The van der Waals surface area contributed by atoms with Crippen LogP contribution in [0.1, 0.15) is 84.8 Å². The molecule has 0 aromatic heterocycles. The van der Waals surface area contributed by atoms with Crippen molar-refractivity contribution in [3.63, 3.8) is 0 Å². The van der Waals surface area contributed by atoms with Gasteiger partial charge >= 0.3 is 11.9 Å². The Balaban J connectivity index is 1.84. The first-order chi connectivity index (χ1) is 17.8. The Morgan fingerprint density at radius 2 is 1.68 bits per heavy atom. The van der Waals surface area contributed by atoms with Crippen molar-refractivity contribution < 1.29 is 38.4 Å². The van der Waals surface area contributed by atoms with E-state index in [1.807, 2.05) is 6.08 Å². The van der Waals surface area contributed by atoms with Crippen LogP contribution in [0, 0.1) is 0 Å². The normalized spacial score (nSPS) is 21.5. The highest BCUT2D eigenvalue weighted by molar-refractivity contribution is 5.98. The number of esters is 2. The summed E-state index contributed by atoms with van der Waals surface area (Å²) in [5.41, 5.74) is 1.41. The molecule has 4 rings (SSSR count). The number of carbonyl (C=O) groups is 3. The van der Waals surface area contributed by atoms with E-state index in [2.05, 4.69) is 0 Å². The van der Waals surface area contributed by atoms with Crippen molar-refractivity contribution in [2.45, 2.75) is 63.9 Å². The predicted molar refractivity (Wildman–Crippen MR) is 136 cm³/mol. The molecule has 2 aliphatic rings. The van der Waals surface area contributed by atoms with Gasteiger partial charge in [-0.3, -0.25) is 9.59 Å². The van der Waals surface area contributed by atoms with Crippen LogP contribution in [0.15, 0.2) is 30.3 Å². The quantitative estimate of drug-likeness (QED) is 0.438. The van der Waals surface area contributed by atoms with E-state index in [-0.39, 0.29) is 29.3 Å². The Hall–Kier alpha value is -3.81. The predicted octanol–water partition coefficient (Wildman–Crippen LogP) is 5.33. The molecule has 2 aromatic rings. The molecule has 8 nitrogen and oxygen atoms in total. The number of carbonyl (C=O) groups excluding carboxylic acids is 3. The van der Waals surface area contributed by atoms with Crippen LogP contribution in [0.5, 0.6) is 23.0 Å². The molecule has 0 amide bonds. The average molecular weight is 509 g/mol. The van der Waals surface area contributed by atoms with Crippen molar-refractivity contribution in [1.29, 1.82) is 0 Å². The van der Waals surface area contributed by atoms with E-state index in [0.717, 1.165) is 0 Å². The van der Waals surface area contributed by atoms with Crippen LogP contribution in [-0.2, 0) is 14.3 Å². The van der Waals surface area contributed by atoms with Crippen LogP contribution in [-0.4, -0.2) is 43.2 Å². The number of hydrogen-bond acceptors (Lipinski definition) is 8. The Bertz CT molecular complexity index is 1210. The zero-order valence-electron chi connectivity index (χ0n) is 21.4. The van der Waals surface area contributed by atoms with Crippen LogP contribution < -0.4 is 14.2 Å². The number of benzene rings is 2. The molecule has 0 bridgehead atoms. The topological polar surface area (TPSA) is 108 Å². The maximum Gasteiger partial charge on any atom is 0.342 e. The van der Waals surface area contributed by atoms with Crippen molar-refractivity contribution in [3.05, 3.63) is 52.6 Å². The monoisotopic (exact) mass is 508 g/mol. The lowest BCUT2D eigenvalue weighted by atomic mass is 9.83. The number of methoxy groups -OCH3 is 2. The minimum Gasteiger partial charge on any atom is -0.507 e. The number of Topliss-reactive ketones (excluding diaryl/α,β-unsaturated/α-hetero) is 1. The molecule has 0 saturated heterocycles. The zero-order chi connectivity index (χ0) is 26.5. The molecule has 0 aliphatic carbocycles. The second kappa shape index (κ2) is 11.5. The van der Waals surface area contributed by atoms with E-state index in [1.165, 1.54) is 14.2 Å². The standard InChI is InChI=1S/C29H32O8/c1-17-8-7-11-20(30)10-6-4-5-9-18-14-24-27(28(32)26(18)29(33)36-17)23(16-25(31)37-24)19-12-21(34-2)15-22(13-19)35-3/h5,9,12-15,17,23,32H,4,6-8,10-11,16H2,1-3H3/b9-5+. The van der Waals surface area contributed by atoms with Gasteiger partial charge in [-0.15, -0.1) is 0 Å². The highest BCUT2D eigenvalue weighted by atomic mass is 16.5. The number of cyclic esters (lactones) is 1. The molecule has 0 radical (unpaired) electrons. The number of phenolic OH excluding ortho intramolecular Hbond substituents is 1. The third-order valence-electron chi connectivity index (χ3n) is 6.75. The van der Waals surface area contributed by atoms with Gasteiger partial charge in [-0.05, 0) is 61.9 Å². The molecule has 196 valence electrons. The fourth-order valence-electron chi connectivity index (χ4n) is 4.83. The van der Waals surface area contributed by atoms with E-state index in [9.17, 15) is 19.5 Å². The first-order valence-corrected chi connectivity index (χ1v) is 12.5. The molecule has 0 fully saturated rings. The SMILES string of the molecule is COc1cc(OC)cc(C2CC(=O)Oc3cc4c(c(O)c32)C(=O)OC(C)CCCC(=O)CCC/C=C/4)c1. The lowest BCUT2D eigenvalue weighted by Gasteiger charge is -2.28. The fourth-order valence-corrected chi connectivity index (χ4v) is 4.83. The lowest BCUT2D eigenvalue weighted by Crippen LogP contribution is -2.23. The van der Waals surface area contributed by atoms with Gasteiger partial charge in [-0.2, -0.15) is 0 Å². The Morgan fingerprint density at radius 1 is 0.973 bits per heavy atom. The molecule has 2 unspecified atom stereocenters. The number of ether oxygens (including phenoxy) is 4. The minimum absolute atomic E-state index is 0.0211. The van der Waals surface area contributed by atoms with E-state index >= 15 is 0 Å².